The maximum absolute atomic E-state index is 11.4. The van der Waals surface area contributed by atoms with Crippen LogP contribution in [0, 0.1) is 0 Å². The quantitative estimate of drug-likeness (QED) is 0.872. The molecule has 0 amide bonds. The zero-order chi connectivity index (χ0) is 14.5. The van der Waals surface area contributed by atoms with Crippen LogP contribution >= 0.6 is 11.8 Å². The van der Waals surface area contributed by atoms with Crippen molar-refractivity contribution in [1.82, 2.24) is 4.98 Å². The zero-order valence-corrected chi connectivity index (χ0v) is 11.4. The third-order valence-corrected chi connectivity index (χ3v) is 3.46. The van der Waals surface area contributed by atoms with E-state index < -0.39 is 11.9 Å². The maximum atomic E-state index is 11.4. The van der Waals surface area contributed by atoms with E-state index in [1.165, 1.54) is 37.2 Å². The monoisotopic (exact) mass is 289 g/mol. The number of pyridine rings is 1. The van der Waals surface area contributed by atoms with Crippen LogP contribution in [-0.4, -0.2) is 29.1 Å². The molecule has 2 aromatic rings. The number of rotatable bonds is 4. The van der Waals surface area contributed by atoms with E-state index >= 15 is 0 Å². The number of nitrogens with zero attached hydrogens (tertiary/aromatic N) is 1. The summed E-state index contributed by atoms with van der Waals surface area (Å²) in [5, 5.41) is 8.82. The number of esters is 1. The first kappa shape index (κ1) is 14.1. The molecule has 1 aromatic carbocycles. The minimum Gasteiger partial charge on any atom is -0.478 e. The van der Waals surface area contributed by atoms with Gasteiger partial charge in [0.25, 0.3) is 0 Å². The Balaban J connectivity index is 2.17. The number of carboxylic acids is 1. The van der Waals surface area contributed by atoms with Crippen LogP contribution in [0.25, 0.3) is 0 Å². The van der Waals surface area contributed by atoms with E-state index in [9.17, 15) is 9.59 Å². The van der Waals surface area contributed by atoms with Crippen molar-refractivity contribution in [2.45, 2.75) is 9.79 Å². The van der Waals surface area contributed by atoms with Crippen LogP contribution in [0.1, 0.15) is 20.8 Å². The summed E-state index contributed by atoms with van der Waals surface area (Å²) in [4.78, 5) is 27.8. The highest BCUT2D eigenvalue weighted by molar-refractivity contribution is 7.99. The third kappa shape index (κ3) is 3.36. The standard InChI is InChI=1S/C14H11NO4S/c1-19-14(18)12-8-11(6-7-15-12)20-10-4-2-9(3-5-10)13(16)17/h2-8H,1H3,(H,16,17). The Labute approximate surface area is 119 Å². The molecular formula is C14H11NO4S. The highest BCUT2D eigenvalue weighted by Gasteiger charge is 2.08. The third-order valence-electron chi connectivity index (χ3n) is 2.46. The largest absolute Gasteiger partial charge is 0.478 e. The summed E-state index contributed by atoms with van der Waals surface area (Å²) in [6, 6.07) is 9.89. The van der Waals surface area contributed by atoms with Crippen molar-refractivity contribution in [3.8, 4) is 0 Å². The van der Waals surface area contributed by atoms with Crippen LogP contribution in [0.2, 0.25) is 0 Å². The average molecular weight is 289 g/mol. The summed E-state index contributed by atoms with van der Waals surface area (Å²) in [5.74, 6) is -1.45. The van der Waals surface area contributed by atoms with Crippen molar-refractivity contribution in [2.75, 3.05) is 7.11 Å². The van der Waals surface area contributed by atoms with Gasteiger partial charge in [0.15, 0.2) is 0 Å². The molecular weight excluding hydrogens is 278 g/mol. The molecule has 0 spiro atoms. The molecule has 5 nitrogen and oxygen atoms in total. The predicted octanol–water partition coefficient (Wildman–Crippen LogP) is 2.72. The number of ether oxygens (including phenoxy) is 1. The van der Waals surface area contributed by atoms with Gasteiger partial charge in [0.2, 0.25) is 0 Å². The SMILES string of the molecule is COC(=O)c1cc(Sc2ccc(C(=O)O)cc2)ccn1. The maximum Gasteiger partial charge on any atom is 0.356 e. The highest BCUT2D eigenvalue weighted by Crippen LogP contribution is 2.27. The fourth-order valence-electron chi connectivity index (χ4n) is 1.49. The number of aromatic nitrogens is 1. The van der Waals surface area contributed by atoms with Crippen LogP contribution < -0.4 is 0 Å². The van der Waals surface area contributed by atoms with Gasteiger partial charge in [-0.1, -0.05) is 11.8 Å². The second-order valence-electron chi connectivity index (χ2n) is 3.80. The average Bonchev–Trinajstić information content (AvgIpc) is 2.47. The van der Waals surface area contributed by atoms with E-state index in [1.54, 1.807) is 24.3 Å². The summed E-state index contributed by atoms with van der Waals surface area (Å²) < 4.78 is 4.61. The molecule has 0 atom stereocenters. The van der Waals surface area contributed by atoms with Gasteiger partial charge < -0.3 is 9.84 Å². The topological polar surface area (TPSA) is 76.5 Å². The molecule has 0 unspecified atom stereocenters. The van der Waals surface area contributed by atoms with E-state index in [-0.39, 0.29) is 11.3 Å². The van der Waals surface area contributed by atoms with Gasteiger partial charge in [-0.05, 0) is 36.4 Å². The molecule has 1 aromatic heterocycles. The summed E-state index contributed by atoms with van der Waals surface area (Å²) in [6.45, 7) is 0. The van der Waals surface area contributed by atoms with E-state index in [4.69, 9.17) is 5.11 Å². The Morgan fingerprint density at radius 1 is 1.15 bits per heavy atom. The van der Waals surface area contributed by atoms with Crippen LogP contribution in [0.5, 0.6) is 0 Å². The lowest BCUT2D eigenvalue weighted by Gasteiger charge is -2.04. The molecule has 0 aliphatic heterocycles. The number of carboxylic acid groups (broad SMARTS) is 1. The van der Waals surface area contributed by atoms with Gasteiger partial charge in [-0.15, -0.1) is 0 Å². The Morgan fingerprint density at radius 3 is 2.45 bits per heavy atom. The Morgan fingerprint density at radius 2 is 1.85 bits per heavy atom. The molecule has 102 valence electrons. The molecule has 0 saturated heterocycles. The van der Waals surface area contributed by atoms with Crippen LogP contribution in [0.3, 0.4) is 0 Å². The minimum atomic E-state index is -0.960. The van der Waals surface area contributed by atoms with Crippen molar-refractivity contribution in [3.05, 3.63) is 53.9 Å². The molecule has 0 aliphatic carbocycles. The molecule has 0 aliphatic rings. The molecule has 20 heavy (non-hydrogen) atoms. The van der Waals surface area contributed by atoms with Gasteiger partial charge in [-0.25, -0.2) is 14.6 Å². The molecule has 0 fully saturated rings. The minimum absolute atomic E-state index is 0.235. The predicted molar refractivity (Wildman–Crippen MR) is 73.1 cm³/mol. The lowest BCUT2D eigenvalue weighted by molar-refractivity contribution is 0.0593. The summed E-state index contributed by atoms with van der Waals surface area (Å²) in [6.07, 6.45) is 1.53. The second kappa shape index (κ2) is 6.21. The fourth-order valence-corrected chi connectivity index (χ4v) is 2.34. The van der Waals surface area contributed by atoms with E-state index in [1.807, 2.05) is 0 Å². The lowest BCUT2D eigenvalue weighted by atomic mass is 10.2. The molecule has 1 N–H and O–H groups in total. The van der Waals surface area contributed by atoms with Crippen molar-refractivity contribution >= 4 is 23.7 Å². The molecule has 0 saturated carbocycles. The summed E-state index contributed by atoms with van der Waals surface area (Å²) in [7, 11) is 1.30. The molecule has 2 rings (SSSR count). The van der Waals surface area contributed by atoms with Gasteiger partial charge >= 0.3 is 11.9 Å². The van der Waals surface area contributed by atoms with E-state index in [0.29, 0.717) is 0 Å². The van der Waals surface area contributed by atoms with Crippen LogP contribution in [0.15, 0.2) is 52.4 Å². The van der Waals surface area contributed by atoms with Gasteiger partial charge in [0, 0.05) is 16.0 Å². The number of methoxy groups -OCH3 is 1. The number of carbonyl (C=O) groups excluding carboxylic acids is 1. The number of benzene rings is 1. The van der Waals surface area contributed by atoms with Crippen molar-refractivity contribution in [3.63, 3.8) is 0 Å². The van der Waals surface area contributed by atoms with Gasteiger partial charge in [-0.3, -0.25) is 0 Å². The molecule has 6 heteroatoms. The fraction of sp³-hybridized carbons (Fsp3) is 0.0714. The number of hydrogen-bond acceptors (Lipinski definition) is 5. The van der Waals surface area contributed by atoms with E-state index in [2.05, 4.69) is 9.72 Å². The molecule has 0 radical (unpaired) electrons. The van der Waals surface area contributed by atoms with Crippen molar-refractivity contribution in [1.29, 1.82) is 0 Å². The number of hydrogen-bond donors (Lipinski definition) is 1. The Hall–Kier alpha value is -2.34. The van der Waals surface area contributed by atoms with Crippen LogP contribution in [-0.2, 0) is 4.74 Å². The van der Waals surface area contributed by atoms with E-state index in [0.717, 1.165) is 9.79 Å². The van der Waals surface area contributed by atoms with Gasteiger partial charge in [0.1, 0.15) is 5.69 Å². The van der Waals surface area contributed by atoms with Crippen LogP contribution in [0.4, 0.5) is 0 Å². The number of carbonyl (C=O) groups is 2. The lowest BCUT2D eigenvalue weighted by Crippen LogP contribution is -2.03. The normalized spacial score (nSPS) is 10.1. The first-order valence-electron chi connectivity index (χ1n) is 5.66. The van der Waals surface area contributed by atoms with Crippen molar-refractivity contribution < 1.29 is 19.4 Å². The first-order valence-corrected chi connectivity index (χ1v) is 6.47. The van der Waals surface area contributed by atoms with Crippen molar-refractivity contribution in [2.24, 2.45) is 0 Å². The highest BCUT2D eigenvalue weighted by atomic mass is 32.2. The second-order valence-corrected chi connectivity index (χ2v) is 4.95. The van der Waals surface area contributed by atoms with Gasteiger partial charge in [0.05, 0.1) is 12.7 Å². The summed E-state index contributed by atoms with van der Waals surface area (Å²) in [5.41, 5.74) is 0.471. The van der Waals surface area contributed by atoms with Gasteiger partial charge in [-0.2, -0.15) is 0 Å². The summed E-state index contributed by atoms with van der Waals surface area (Å²) >= 11 is 1.41. The molecule has 1 heterocycles. The number of aromatic carboxylic acids is 1. The first-order chi connectivity index (χ1) is 9.60. The Bertz CT molecular complexity index is 640. The zero-order valence-electron chi connectivity index (χ0n) is 10.6. The smallest absolute Gasteiger partial charge is 0.356 e. The Kier molecular flexibility index (Phi) is 4.37. The molecule has 0 bridgehead atoms.